The molecule has 0 atom stereocenters. The number of aromatic nitrogens is 1. The van der Waals surface area contributed by atoms with E-state index in [4.69, 9.17) is 0 Å². The van der Waals surface area contributed by atoms with Crippen LogP contribution in [0.5, 0.6) is 0 Å². The summed E-state index contributed by atoms with van der Waals surface area (Å²) >= 11 is 0. The quantitative estimate of drug-likeness (QED) is 0.0305. The van der Waals surface area contributed by atoms with Crippen molar-refractivity contribution < 1.29 is 97.3 Å². The molecule has 0 radical (unpaired) electrons. The Morgan fingerprint density at radius 1 is 0.385 bits per heavy atom. The maximum atomic E-state index is 15.4. The van der Waals surface area contributed by atoms with Crippen LogP contribution in [0.2, 0.25) is 0 Å². The lowest BCUT2D eigenvalue weighted by molar-refractivity contribution is -0.662. The van der Waals surface area contributed by atoms with E-state index in [2.05, 4.69) is 0 Å². The first-order valence-electron chi connectivity index (χ1n) is 17.3. The molecular formula is C40H13BF20N2O2. The summed E-state index contributed by atoms with van der Waals surface area (Å²) in [4.78, 5) is 10.7. The highest BCUT2D eigenvalue weighted by atomic mass is 19.2. The molecule has 0 bridgehead atoms. The number of nitro benzene ring substituents is 1. The topological polar surface area (TPSA) is 47.0 Å². The van der Waals surface area contributed by atoms with Crippen LogP contribution in [0.3, 0.4) is 0 Å². The molecular weight excluding hydrogens is 931 g/mol. The second kappa shape index (κ2) is 17.4. The molecule has 0 spiro atoms. The average Bonchev–Trinajstić information content (AvgIpc) is 3.29. The minimum atomic E-state index is -7.22. The third-order valence-electron chi connectivity index (χ3n) is 10.00. The molecule has 7 aromatic rings. The van der Waals surface area contributed by atoms with E-state index in [1.54, 1.807) is 12.1 Å². The Balaban J connectivity index is 0.000000289. The summed E-state index contributed by atoms with van der Waals surface area (Å²) in [5.41, 5.74) is -12.2. The van der Waals surface area contributed by atoms with Crippen LogP contribution in [-0.2, 0) is 6.54 Å². The van der Waals surface area contributed by atoms with E-state index < -0.39 is 144 Å². The lowest BCUT2D eigenvalue weighted by Crippen LogP contribution is -2.81. The van der Waals surface area contributed by atoms with Crippen molar-refractivity contribution in [2.45, 2.75) is 6.54 Å². The van der Waals surface area contributed by atoms with Crippen LogP contribution < -0.4 is 26.4 Å². The van der Waals surface area contributed by atoms with Crippen molar-refractivity contribution in [1.82, 2.24) is 0 Å². The molecule has 0 aliphatic carbocycles. The summed E-state index contributed by atoms with van der Waals surface area (Å²) in [6.07, 6.45) is -5.27. The summed E-state index contributed by atoms with van der Waals surface area (Å²) in [6.45, 7) is 0.694. The van der Waals surface area contributed by atoms with E-state index in [-0.39, 0.29) is 10.6 Å². The van der Waals surface area contributed by atoms with Crippen molar-refractivity contribution in [2.75, 3.05) is 0 Å². The number of halogens is 20. The SMILES string of the molecule is Fc1c(F)c(F)c([B-](c2c(F)c(F)c(F)c(F)c2F)(c2c(F)c(F)c(F)c(F)c2F)c2c(F)c(F)c(F)c(F)c2F)c(F)c1F.O=[N+]([O-])c1cccc2c1ccc[n+]2Cc1ccccc1. The second-order valence-electron chi connectivity index (χ2n) is 13.4. The monoisotopic (exact) mass is 944 g/mol. The fourth-order valence-electron chi connectivity index (χ4n) is 7.24. The van der Waals surface area contributed by atoms with Crippen molar-refractivity contribution >= 4 is 44.6 Å². The Morgan fingerprint density at radius 2 is 0.692 bits per heavy atom. The molecule has 1 aromatic heterocycles. The normalized spacial score (nSPS) is 11.6. The van der Waals surface area contributed by atoms with Gasteiger partial charge in [-0.2, -0.15) is 4.57 Å². The predicted octanol–water partition coefficient (Wildman–Crippen LogP) is 8.93. The van der Waals surface area contributed by atoms with Crippen LogP contribution in [0.1, 0.15) is 5.56 Å². The van der Waals surface area contributed by atoms with Gasteiger partial charge in [-0.25, -0.2) is 87.8 Å². The molecule has 0 N–H and O–H groups in total. The molecule has 0 saturated carbocycles. The van der Waals surface area contributed by atoms with Crippen LogP contribution in [-0.4, -0.2) is 11.1 Å². The Labute approximate surface area is 347 Å². The molecule has 0 unspecified atom stereocenters. The van der Waals surface area contributed by atoms with Crippen molar-refractivity contribution in [3.05, 3.63) is 199 Å². The van der Waals surface area contributed by atoms with Crippen LogP contribution >= 0.6 is 0 Å². The molecule has 65 heavy (non-hydrogen) atoms. The van der Waals surface area contributed by atoms with Crippen LogP contribution in [0.25, 0.3) is 10.9 Å². The van der Waals surface area contributed by atoms with Gasteiger partial charge in [-0.3, -0.25) is 10.1 Å². The third kappa shape index (κ3) is 7.30. The number of hydrogen-bond donors (Lipinski definition) is 0. The van der Waals surface area contributed by atoms with Gasteiger partial charge >= 0.3 is 0 Å². The van der Waals surface area contributed by atoms with Gasteiger partial charge < -0.3 is 0 Å². The molecule has 1 heterocycles. The highest BCUT2D eigenvalue weighted by Crippen LogP contribution is 2.31. The zero-order valence-corrected chi connectivity index (χ0v) is 30.9. The highest BCUT2D eigenvalue weighted by Gasteiger charge is 2.52. The zero-order chi connectivity index (χ0) is 48.3. The Kier molecular flexibility index (Phi) is 12.7. The standard InChI is InChI=1S/C24BF20.C16H13N2O2/c26-5-1(6(27)14(35)21(42)13(5)34)25(2-7(28)15(36)22(43)16(37)8(2)29,3-9(30)17(38)23(44)18(39)10(3)31)4-11(32)19(40)24(45)20(41)12(4)33;19-18(20)16-10-4-9-15-14(16)8-5-11-17(15)12-13-6-2-1-3-7-13/h;1-11H,12H2/q-1;+1. The number of non-ortho nitro benzene ring substituents is 1. The van der Waals surface area contributed by atoms with Gasteiger partial charge in [0.15, 0.2) is 82.5 Å². The smallest absolute Gasteiger partial charge is 0.258 e. The fourth-order valence-corrected chi connectivity index (χ4v) is 7.24. The van der Waals surface area contributed by atoms with Crippen LogP contribution in [0.4, 0.5) is 93.5 Å². The predicted molar refractivity (Wildman–Crippen MR) is 186 cm³/mol. The minimum Gasteiger partial charge on any atom is -0.258 e. The van der Waals surface area contributed by atoms with Crippen LogP contribution in [0, 0.1) is 126 Å². The Bertz CT molecular complexity index is 2740. The summed E-state index contributed by atoms with van der Waals surface area (Å²) in [7, 11) is 0. The molecule has 0 saturated heterocycles. The molecule has 0 amide bonds. The Morgan fingerprint density at radius 3 is 1.00 bits per heavy atom. The van der Waals surface area contributed by atoms with Crippen molar-refractivity contribution in [3.8, 4) is 0 Å². The van der Waals surface area contributed by atoms with Crippen molar-refractivity contribution in [3.63, 3.8) is 0 Å². The maximum Gasteiger partial charge on any atom is 0.283 e. The van der Waals surface area contributed by atoms with Crippen LogP contribution in [0.15, 0.2) is 66.9 Å². The first-order chi connectivity index (χ1) is 30.5. The first-order valence-corrected chi connectivity index (χ1v) is 17.3. The third-order valence-corrected chi connectivity index (χ3v) is 10.00. The van der Waals surface area contributed by atoms with E-state index in [0.29, 0.717) is 11.9 Å². The fraction of sp³-hybridized carbons (Fsp3) is 0.0250. The summed E-state index contributed by atoms with van der Waals surface area (Å²) in [5.74, 6) is -71.4. The molecule has 0 fully saturated rings. The lowest BCUT2D eigenvalue weighted by atomic mass is 9.12. The summed E-state index contributed by atoms with van der Waals surface area (Å²) in [6, 6.07) is 18.8. The summed E-state index contributed by atoms with van der Waals surface area (Å²) < 4.78 is 296. The van der Waals surface area contributed by atoms with Gasteiger partial charge in [-0.1, -0.05) is 30.3 Å². The molecule has 4 nitrogen and oxygen atoms in total. The largest absolute Gasteiger partial charge is 0.283 e. The first kappa shape index (κ1) is 47.3. The number of rotatable bonds is 7. The van der Waals surface area contributed by atoms with E-state index in [1.165, 1.54) is 6.07 Å². The second-order valence-corrected chi connectivity index (χ2v) is 13.4. The molecule has 0 aliphatic heterocycles. The number of nitro groups is 1. The van der Waals surface area contributed by atoms with Gasteiger partial charge in [0.05, 0.1) is 4.92 Å². The number of hydrogen-bond acceptors (Lipinski definition) is 2. The van der Waals surface area contributed by atoms with Gasteiger partial charge in [0.2, 0.25) is 5.52 Å². The molecule has 0 aliphatic rings. The number of fused-ring (bicyclic) bond motifs is 1. The van der Waals surface area contributed by atoms with Gasteiger partial charge in [0.25, 0.3) is 5.69 Å². The van der Waals surface area contributed by atoms with Gasteiger partial charge in [0.1, 0.15) is 58.1 Å². The summed E-state index contributed by atoms with van der Waals surface area (Å²) in [5, 5.41) is 11.7. The number of pyridine rings is 1. The van der Waals surface area contributed by atoms with E-state index >= 15 is 35.1 Å². The van der Waals surface area contributed by atoms with E-state index in [0.717, 1.165) is 11.1 Å². The molecule has 7 rings (SSSR count). The maximum absolute atomic E-state index is 15.4. The average molecular weight is 944 g/mol. The zero-order valence-electron chi connectivity index (χ0n) is 30.9. The van der Waals surface area contributed by atoms with E-state index in [9.17, 15) is 62.8 Å². The number of benzene rings is 6. The van der Waals surface area contributed by atoms with Gasteiger partial charge in [-0.15, -0.1) is 21.9 Å². The van der Waals surface area contributed by atoms with E-state index in [1.807, 2.05) is 53.2 Å². The highest BCUT2D eigenvalue weighted by molar-refractivity contribution is 7.20. The lowest BCUT2D eigenvalue weighted by Gasteiger charge is -2.44. The van der Waals surface area contributed by atoms with Crippen molar-refractivity contribution in [1.29, 1.82) is 0 Å². The number of nitrogens with zero attached hydrogens (tertiary/aromatic N) is 2. The van der Waals surface area contributed by atoms with Gasteiger partial charge in [-0.05, 0) is 12.1 Å². The van der Waals surface area contributed by atoms with Crippen molar-refractivity contribution in [2.24, 2.45) is 0 Å². The minimum absolute atomic E-state index is 0.143. The molecule has 6 aromatic carbocycles. The molecule has 25 heteroatoms. The van der Waals surface area contributed by atoms with Gasteiger partial charge in [0, 0.05) is 23.8 Å². The Hall–Kier alpha value is -7.21. The molecule has 338 valence electrons.